The van der Waals surface area contributed by atoms with Gasteiger partial charge in [0.2, 0.25) is 17.9 Å². The first-order valence-corrected chi connectivity index (χ1v) is 12.9. The Morgan fingerprint density at radius 3 is 2.23 bits per heavy atom. The van der Waals surface area contributed by atoms with Crippen molar-refractivity contribution in [3.8, 4) is 29.0 Å². The van der Waals surface area contributed by atoms with Crippen LogP contribution >= 0.6 is 0 Å². The number of hydrogen-bond acceptors (Lipinski definition) is 10. The van der Waals surface area contributed by atoms with E-state index in [0.717, 1.165) is 12.3 Å². The smallest absolute Gasteiger partial charge is 0.471 e. The van der Waals surface area contributed by atoms with Crippen molar-refractivity contribution < 1.29 is 40.9 Å². The lowest BCUT2D eigenvalue weighted by molar-refractivity contribution is -0.330. The van der Waals surface area contributed by atoms with E-state index in [4.69, 9.17) is 14.2 Å². The van der Waals surface area contributed by atoms with Crippen molar-refractivity contribution in [3.05, 3.63) is 41.9 Å². The molecule has 16 heteroatoms. The van der Waals surface area contributed by atoms with Gasteiger partial charge in [-0.05, 0) is 65.3 Å². The summed E-state index contributed by atoms with van der Waals surface area (Å²) in [5, 5.41) is 12.8. The molecule has 232 valence electrons. The summed E-state index contributed by atoms with van der Waals surface area (Å²) < 4.78 is 88.4. The molecule has 4 aromatic heterocycles. The third kappa shape index (κ3) is 8.43. The highest BCUT2D eigenvalue weighted by molar-refractivity contribution is 5.85. The van der Waals surface area contributed by atoms with Crippen LogP contribution in [0.4, 0.5) is 22.0 Å². The zero-order chi connectivity index (χ0) is 31.7. The predicted octanol–water partition coefficient (Wildman–Crippen LogP) is 5.99. The van der Waals surface area contributed by atoms with Crippen molar-refractivity contribution in [1.82, 2.24) is 34.9 Å². The summed E-state index contributed by atoms with van der Waals surface area (Å²) >= 11 is 0. The van der Waals surface area contributed by atoms with E-state index in [9.17, 15) is 22.0 Å². The van der Waals surface area contributed by atoms with E-state index in [2.05, 4.69) is 35.0 Å². The zero-order valence-electron chi connectivity index (χ0n) is 24.4. The van der Waals surface area contributed by atoms with Gasteiger partial charge in [-0.15, -0.1) is 28.5 Å². The summed E-state index contributed by atoms with van der Waals surface area (Å²) in [6, 6.07) is 3.85. The maximum absolute atomic E-state index is 14.2. The second-order valence-corrected chi connectivity index (χ2v) is 11.4. The lowest BCUT2D eigenvalue weighted by Gasteiger charge is -2.24. The Hall–Kier alpha value is -4.21. The van der Waals surface area contributed by atoms with Crippen LogP contribution in [0, 0.1) is 0 Å². The number of nitrogens with zero attached hydrogens (tertiary/aromatic N) is 7. The molecule has 11 nitrogen and oxygen atoms in total. The number of hydrogen-bond donors (Lipinski definition) is 0. The van der Waals surface area contributed by atoms with E-state index in [-0.39, 0.29) is 45.8 Å². The van der Waals surface area contributed by atoms with Crippen LogP contribution in [-0.4, -0.2) is 58.9 Å². The summed E-state index contributed by atoms with van der Waals surface area (Å²) in [6.07, 6.45) is -7.45. The second kappa shape index (κ2) is 11.8. The zero-order valence-corrected chi connectivity index (χ0v) is 24.4. The molecular weight excluding hydrogens is 581 g/mol. The molecule has 0 amide bonds. The molecule has 0 saturated heterocycles. The molecule has 0 spiro atoms. The fourth-order valence-corrected chi connectivity index (χ4v) is 3.72. The van der Waals surface area contributed by atoms with Crippen molar-refractivity contribution in [2.75, 3.05) is 0 Å². The highest BCUT2D eigenvalue weighted by atomic mass is 19.4. The van der Waals surface area contributed by atoms with Gasteiger partial charge in [0.1, 0.15) is 16.9 Å². The first-order valence-electron chi connectivity index (χ1n) is 12.9. The summed E-state index contributed by atoms with van der Waals surface area (Å²) in [6.45, 7) is 10.1. The second-order valence-electron chi connectivity index (χ2n) is 11.4. The number of aryl methyl sites for hydroxylation is 1. The van der Waals surface area contributed by atoms with Crippen molar-refractivity contribution in [1.29, 1.82) is 0 Å². The molecule has 0 aromatic carbocycles. The average molecular weight is 612 g/mol. The summed E-state index contributed by atoms with van der Waals surface area (Å²) in [4.78, 5) is 12.6. The molecule has 43 heavy (non-hydrogen) atoms. The normalized spacial score (nSPS) is 13.4. The summed E-state index contributed by atoms with van der Waals surface area (Å²) in [5.74, 6) is -0.0844. The molecule has 4 heterocycles. The quantitative estimate of drug-likeness (QED) is 0.209. The molecular formula is C27H30F5N7O4. The van der Waals surface area contributed by atoms with E-state index < -0.39 is 36.7 Å². The lowest BCUT2D eigenvalue weighted by atomic mass is 10.1. The molecule has 0 N–H and O–H groups in total. The van der Waals surface area contributed by atoms with Crippen LogP contribution in [0.2, 0.25) is 0 Å². The first-order chi connectivity index (χ1) is 19.9. The van der Waals surface area contributed by atoms with Crippen molar-refractivity contribution in [2.45, 2.75) is 78.2 Å². The van der Waals surface area contributed by atoms with Gasteiger partial charge in [0.05, 0.1) is 23.3 Å². The molecule has 4 aromatic rings. The Morgan fingerprint density at radius 2 is 1.60 bits per heavy atom. The lowest BCUT2D eigenvalue weighted by Crippen LogP contribution is -2.26. The molecule has 0 fully saturated rings. The number of alkyl halides is 5. The molecule has 0 aliphatic carbocycles. The van der Waals surface area contributed by atoms with Gasteiger partial charge in [-0.25, -0.2) is 18.4 Å². The molecule has 0 aliphatic heterocycles. The van der Waals surface area contributed by atoms with Crippen LogP contribution in [-0.2, 0) is 18.4 Å². The van der Waals surface area contributed by atoms with E-state index >= 15 is 0 Å². The van der Waals surface area contributed by atoms with Crippen molar-refractivity contribution in [2.24, 2.45) is 7.05 Å². The molecule has 0 aliphatic rings. The third-order valence-electron chi connectivity index (χ3n) is 5.37. The highest BCUT2D eigenvalue weighted by Crippen LogP contribution is 2.35. The minimum absolute atomic E-state index is 0.0270. The molecule has 0 radical (unpaired) electrons. The largest absolute Gasteiger partial charge is 0.522 e. The highest BCUT2D eigenvalue weighted by Gasteiger charge is 2.31. The number of pyridine rings is 1. The van der Waals surface area contributed by atoms with Gasteiger partial charge in [-0.3, -0.25) is 9.72 Å². The Morgan fingerprint density at radius 1 is 0.907 bits per heavy atom. The maximum Gasteiger partial charge on any atom is 0.522 e. The van der Waals surface area contributed by atoms with E-state index in [1.807, 2.05) is 41.5 Å². The number of fused-ring (bicyclic) bond motifs is 1. The Balaban J connectivity index is 1.73. The van der Waals surface area contributed by atoms with Crippen molar-refractivity contribution >= 4 is 11.0 Å². The Bertz CT molecular complexity index is 1580. The molecule has 1 atom stereocenters. The molecule has 0 saturated carbocycles. The minimum atomic E-state index is -4.89. The van der Waals surface area contributed by atoms with Crippen LogP contribution in [0.5, 0.6) is 17.8 Å². The van der Waals surface area contributed by atoms with Gasteiger partial charge in [-0.1, -0.05) is 0 Å². The van der Waals surface area contributed by atoms with Crippen LogP contribution in [0.3, 0.4) is 0 Å². The van der Waals surface area contributed by atoms with E-state index in [1.54, 1.807) is 0 Å². The number of halogens is 5. The maximum atomic E-state index is 14.2. The van der Waals surface area contributed by atoms with Crippen LogP contribution in [0.15, 0.2) is 30.6 Å². The molecule has 0 bridgehead atoms. The predicted molar refractivity (Wildman–Crippen MR) is 143 cm³/mol. The van der Waals surface area contributed by atoms with Gasteiger partial charge in [0.25, 0.3) is 6.43 Å². The van der Waals surface area contributed by atoms with Crippen LogP contribution in [0.1, 0.15) is 58.9 Å². The van der Waals surface area contributed by atoms with Crippen molar-refractivity contribution in [3.63, 3.8) is 0 Å². The van der Waals surface area contributed by atoms with E-state index in [1.165, 1.54) is 30.1 Å². The third-order valence-corrected chi connectivity index (χ3v) is 5.37. The van der Waals surface area contributed by atoms with Crippen LogP contribution in [0.25, 0.3) is 22.3 Å². The number of rotatable bonds is 9. The fourth-order valence-electron chi connectivity index (χ4n) is 3.72. The minimum Gasteiger partial charge on any atom is -0.471 e. The molecule has 1 unspecified atom stereocenters. The first kappa shape index (κ1) is 31.7. The number of aromatic nitrogens is 7. The summed E-state index contributed by atoms with van der Waals surface area (Å²) in [5.41, 5.74) is -0.820. The average Bonchev–Trinajstić information content (AvgIpc) is 3.18. The van der Waals surface area contributed by atoms with Gasteiger partial charge < -0.3 is 14.2 Å². The SMILES string of the molecule is Cn1nc(OC(c2cc(COC(F)(F)F)ccn2)C(F)F)c2cc(-c3cnc(OC(C)(C)C)nc3OC(C)(C)C)nnc21. The van der Waals surface area contributed by atoms with Gasteiger partial charge in [0, 0.05) is 19.4 Å². The monoisotopic (exact) mass is 611 g/mol. The molecule has 4 rings (SSSR count). The topological polar surface area (TPSA) is 119 Å². The number of ether oxygens (including phenoxy) is 4. The Labute approximate surface area is 243 Å². The Kier molecular flexibility index (Phi) is 8.72. The van der Waals surface area contributed by atoms with Crippen LogP contribution < -0.4 is 14.2 Å². The standard InChI is InChI=1S/C27H30F5N7O4/c1-25(2,3)42-22-16(12-34-24(35-22)43-26(4,5)6)17-11-15-21(37-36-17)39(7)38-23(15)41-19(20(28)29)18-10-14(8-9-33-18)13-40-27(30,31)32/h8-12,19-20H,13H2,1-7H3. The summed E-state index contributed by atoms with van der Waals surface area (Å²) in [7, 11) is 1.52. The fraction of sp³-hybridized carbons (Fsp3) is 0.481. The van der Waals surface area contributed by atoms with Gasteiger partial charge in [-0.2, -0.15) is 4.98 Å². The van der Waals surface area contributed by atoms with E-state index in [0.29, 0.717) is 5.56 Å². The van der Waals surface area contributed by atoms with Gasteiger partial charge in [0.15, 0.2) is 5.65 Å². The van der Waals surface area contributed by atoms with Gasteiger partial charge >= 0.3 is 12.4 Å².